The minimum Gasteiger partial charge on any atom is -0.455 e. The van der Waals surface area contributed by atoms with E-state index in [2.05, 4.69) is 4.98 Å². The number of nitrogens with zero attached hydrogens (tertiary/aromatic N) is 2. The van der Waals surface area contributed by atoms with E-state index >= 15 is 0 Å². The van der Waals surface area contributed by atoms with Crippen LogP contribution < -0.4 is 0 Å². The van der Waals surface area contributed by atoms with Crippen LogP contribution in [0, 0.1) is 11.3 Å². The van der Waals surface area contributed by atoms with Gasteiger partial charge in [-0.05, 0) is 30.3 Å². The van der Waals surface area contributed by atoms with Crippen molar-refractivity contribution in [2.24, 2.45) is 0 Å². The number of carbonyl (C=O) groups excluding carboxylic acids is 1. The Labute approximate surface area is 125 Å². The van der Waals surface area contributed by atoms with Crippen molar-refractivity contribution in [2.45, 2.75) is 6.61 Å². The van der Waals surface area contributed by atoms with E-state index in [4.69, 9.17) is 10.00 Å². The molecular formula is C16H10N2O2S. The van der Waals surface area contributed by atoms with Gasteiger partial charge in [0.05, 0.1) is 27.4 Å². The molecule has 0 radical (unpaired) electrons. The zero-order chi connectivity index (χ0) is 14.7. The summed E-state index contributed by atoms with van der Waals surface area (Å²) in [6, 6.07) is 16.2. The molecule has 0 amide bonds. The molecule has 0 bridgehead atoms. The standard InChI is InChI=1S/C16H10N2O2S/c17-9-11-4-3-5-12(8-11)16(19)20-10-15-18-13-6-1-2-7-14(13)21-15/h1-8H,10H2. The van der Waals surface area contributed by atoms with Crippen LogP contribution >= 0.6 is 11.3 Å². The smallest absolute Gasteiger partial charge is 0.338 e. The first-order valence-corrected chi connectivity index (χ1v) is 7.09. The number of ether oxygens (including phenoxy) is 1. The number of hydrogen-bond acceptors (Lipinski definition) is 5. The molecule has 3 aromatic rings. The second kappa shape index (κ2) is 5.73. The lowest BCUT2D eigenvalue weighted by Crippen LogP contribution is -2.05. The normalized spacial score (nSPS) is 10.2. The van der Waals surface area contributed by atoms with Crippen LogP contribution in [0.15, 0.2) is 48.5 Å². The highest BCUT2D eigenvalue weighted by atomic mass is 32.1. The second-order valence-electron chi connectivity index (χ2n) is 4.34. The first kappa shape index (κ1) is 13.3. The lowest BCUT2D eigenvalue weighted by atomic mass is 10.1. The van der Waals surface area contributed by atoms with Gasteiger partial charge in [0, 0.05) is 0 Å². The second-order valence-corrected chi connectivity index (χ2v) is 5.46. The molecular weight excluding hydrogens is 284 g/mol. The average Bonchev–Trinajstić information content (AvgIpc) is 2.95. The summed E-state index contributed by atoms with van der Waals surface area (Å²) in [6.07, 6.45) is 0. The van der Waals surface area contributed by atoms with Crippen molar-refractivity contribution in [3.8, 4) is 6.07 Å². The van der Waals surface area contributed by atoms with Crippen LogP contribution in [0.5, 0.6) is 0 Å². The molecule has 3 rings (SSSR count). The van der Waals surface area contributed by atoms with Crippen molar-refractivity contribution in [2.75, 3.05) is 0 Å². The van der Waals surface area contributed by atoms with Gasteiger partial charge < -0.3 is 4.74 Å². The molecule has 1 aromatic heterocycles. The molecule has 2 aromatic carbocycles. The van der Waals surface area contributed by atoms with Crippen molar-refractivity contribution in [1.82, 2.24) is 4.98 Å². The van der Waals surface area contributed by atoms with E-state index in [1.54, 1.807) is 18.2 Å². The van der Waals surface area contributed by atoms with E-state index in [0.29, 0.717) is 11.1 Å². The van der Waals surface area contributed by atoms with Gasteiger partial charge in [-0.3, -0.25) is 0 Å². The maximum absolute atomic E-state index is 11.9. The molecule has 0 aliphatic rings. The zero-order valence-electron chi connectivity index (χ0n) is 10.9. The van der Waals surface area contributed by atoms with Crippen LogP contribution in [0.25, 0.3) is 10.2 Å². The largest absolute Gasteiger partial charge is 0.455 e. The molecule has 21 heavy (non-hydrogen) atoms. The number of benzene rings is 2. The minimum atomic E-state index is -0.452. The number of fused-ring (bicyclic) bond motifs is 1. The molecule has 0 fully saturated rings. The SMILES string of the molecule is N#Cc1cccc(C(=O)OCc2nc3ccccc3s2)c1. The Bertz CT molecular complexity index is 816. The van der Waals surface area contributed by atoms with Gasteiger partial charge in [-0.2, -0.15) is 5.26 Å². The summed E-state index contributed by atoms with van der Waals surface area (Å²) in [5.41, 5.74) is 1.71. The molecule has 0 unspecified atom stereocenters. The summed E-state index contributed by atoms with van der Waals surface area (Å²) < 4.78 is 6.31. The van der Waals surface area contributed by atoms with Gasteiger partial charge in [0.25, 0.3) is 0 Å². The summed E-state index contributed by atoms with van der Waals surface area (Å²) in [5, 5.41) is 9.57. The number of aromatic nitrogens is 1. The van der Waals surface area contributed by atoms with Gasteiger partial charge in [-0.25, -0.2) is 9.78 Å². The van der Waals surface area contributed by atoms with E-state index in [9.17, 15) is 4.79 Å². The van der Waals surface area contributed by atoms with Crippen LogP contribution in [-0.4, -0.2) is 11.0 Å². The predicted molar refractivity (Wildman–Crippen MR) is 79.9 cm³/mol. The summed E-state index contributed by atoms with van der Waals surface area (Å²) >= 11 is 1.50. The van der Waals surface area contributed by atoms with Crippen molar-refractivity contribution in [3.63, 3.8) is 0 Å². The predicted octanol–water partition coefficient (Wildman–Crippen LogP) is 3.52. The van der Waals surface area contributed by atoms with Gasteiger partial charge in [0.15, 0.2) is 0 Å². The number of thiazole rings is 1. The molecule has 0 saturated heterocycles. The van der Waals surface area contributed by atoms with Crippen molar-refractivity contribution in [3.05, 3.63) is 64.7 Å². The van der Waals surface area contributed by atoms with E-state index in [1.807, 2.05) is 30.3 Å². The molecule has 5 heteroatoms. The summed E-state index contributed by atoms with van der Waals surface area (Å²) in [7, 11) is 0. The molecule has 0 atom stereocenters. The first-order valence-electron chi connectivity index (χ1n) is 6.28. The van der Waals surface area contributed by atoms with Crippen LogP contribution in [-0.2, 0) is 11.3 Å². The van der Waals surface area contributed by atoms with Gasteiger partial charge in [0.1, 0.15) is 11.6 Å². The molecule has 0 saturated carbocycles. The highest BCUT2D eigenvalue weighted by molar-refractivity contribution is 7.18. The van der Waals surface area contributed by atoms with Gasteiger partial charge >= 0.3 is 5.97 Å². The average molecular weight is 294 g/mol. The van der Waals surface area contributed by atoms with Gasteiger partial charge in [-0.1, -0.05) is 18.2 Å². The first-order chi connectivity index (χ1) is 10.3. The number of rotatable bonds is 3. The van der Waals surface area contributed by atoms with Crippen LogP contribution in [0.2, 0.25) is 0 Å². The number of esters is 1. The van der Waals surface area contributed by atoms with Gasteiger partial charge in [-0.15, -0.1) is 11.3 Å². The number of nitriles is 1. The molecule has 0 aliphatic carbocycles. The Morgan fingerprint density at radius 1 is 1.24 bits per heavy atom. The third kappa shape index (κ3) is 2.91. The molecule has 0 aliphatic heterocycles. The summed E-state index contributed by atoms with van der Waals surface area (Å²) in [5.74, 6) is -0.452. The number of carbonyl (C=O) groups is 1. The van der Waals surface area contributed by atoms with Crippen LogP contribution in [0.1, 0.15) is 20.9 Å². The third-order valence-corrected chi connectivity index (χ3v) is 3.90. The lowest BCUT2D eigenvalue weighted by Gasteiger charge is -2.02. The van der Waals surface area contributed by atoms with E-state index < -0.39 is 5.97 Å². The minimum absolute atomic E-state index is 0.134. The fourth-order valence-electron chi connectivity index (χ4n) is 1.91. The molecule has 1 heterocycles. The maximum Gasteiger partial charge on any atom is 0.338 e. The Balaban J connectivity index is 1.72. The molecule has 102 valence electrons. The quantitative estimate of drug-likeness (QED) is 0.693. The Morgan fingerprint density at radius 3 is 2.90 bits per heavy atom. The van der Waals surface area contributed by atoms with Crippen molar-refractivity contribution >= 4 is 27.5 Å². The third-order valence-electron chi connectivity index (χ3n) is 2.89. The highest BCUT2D eigenvalue weighted by Gasteiger charge is 2.10. The topological polar surface area (TPSA) is 63.0 Å². The summed E-state index contributed by atoms with van der Waals surface area (Å²) in [6.45, 7) is 0.134. The molecule has 4 nitrogen and oxygen atoms in total. The highest BCUT2D eigenvalue weighted by Crippen LogP contribution is 2.22. The van der Waals surface area contributed by atoms with Gasteiger partial charge in [0.2, 0.25) is 0 Å². The Morgan fingerprint density at radius 2 is 2.10 bits per heavy atom. The number of para-hydroxylation sites is 1. The summed E-state index contributed by atoms with van der Waals surface area (Å²) in [4.78, 5) is 16.3. The number of hydrogen-bond donors (Lipinski definition) is 0. The van der Waals surface area contributed by atoms with Crippen molar-refractivity contribution in [1.29, 1.82) is 5.26 Å². The zero-order valence-corrected chi connectivity index (χ0v) is 11.8. The van der Waals surface area contributed by atoms with Crippen LogP contribution in [0.4, 0.5) is 0 Å². The van der Waals surface area contributed by atoms with Crippen molar-refractivity contribution < 1.29 is 9.53 Å². The van der Waals surface area contributed by atoms with E-state index in [0.717, 1.165) is 15.2 Å². The van der Waals surface area contributed by atoms with Crippen LogP contribution in [0.3, 0.4) is 0 Å². The Kier molecular flexibility index (Phi) is 3.63. The van der Waals surface area contributed by atoms with E-state index in [-0.39, 0.29) is 6.61 Å². The molecule has 0 spiro atoms. The fourth-order valence-corrected chi connectivity index (χ4v) is 2.79. The monoisotopic (exact) mass is 294 g/mol. The molecule has 0 N–H and O–H groups in total. The maximum atomic E-state index is 11.9. The fraction of sp³-hybridized carbons (Fsp3) is 0.0625. The van der Waals surface area contributed by atoms with E-state index in [1.165, 1.54) is 17.4 Å². The lowest BCUT2D eigenvalue weighted by molar-refractivity contribution is 0.0472. The Hall–Kier alpha value is -2.71.